The number of aliphatic hydroxyl groups is 1. The molecule has 0 amide bonds. The van der Waals surface area contributed by atoms with E-state index in [0.29, 0.717) is 12.4 Å². The largest absolute Gasteiger partial charge is 0.482 e. The summed E-state index contributed by atoms with van der Waals surface area (Å²) in [6, 6.07) is 17.0. The van der Waals surface area contributed by atoms with Crippen LogP contribution in [0, 0.1) is 12.3 Å². The van der Waals surface area contributed by atoms with E-state index >= 15 is 0 Å². The van der Waals surface area contributed by atoms with E-state index in [2.05, 4.69) is 0 Å². The summed E-state index contributed by atoms with van der Waals surface area (Å²) in [5.74, 6) is -0.299. The molecule has 2 atom stereocenters. The number of ether oxygens (including phenoxy) is 2. The van der Waals surface area contributed by atoms with Crippen molar-refractivity contribution in [2.75, 3.05) is 19.8 Å². The van der Waals surface area contributed by atoms with E-state index in [4.69, 9.17) is 14.0 Å². The van der Waals surface area contributed by atoms with E-state index in [1.54, 1.807) is 0 Å². The molecule has 0 aromatic heterocycles. The lowest BCUT2D eigenvalue weighted by Crippen LogP contribution is -2.22. The van der Waals surface area contributed by atoms with E-state index in [1.807, 2.05) is 89.2 Å². The summed E-state index contributed by atoms with van der Waals surface area (Å²) in [7, 11) is -0.0710. The molecule has 2 aromatic carbocycles. The van der Waals surface area contributed by atoms with Crippen LogP contribution in [0.3, 0.4) is 0 Å². The molecule has 0 bridgehead atoms. The average molecular weight is 420 g/mol. The zero-order valence-electron chi connectivity index (χ0n) is 18.0. The van der Waals surface area contributed by atoms with Crippen LogP contribution in [-0.2, 0) is 14.1 Å². The summed E-state index contributed by atoms with van der Waals surface area (Å²) in [4.78, 5) is 12.3. The van der Waals surface area contributed by atoms with Gasteiger partial charge in [-0.25, -0.2) is 4.79 Å². The van der Waals surface area contributed by atoms with E-state index < -0.39 is 11.8 Å². The van der Waals surface area contributed by atoms with Gasteiger partial charge in [0.2, 0.25) is 0 Å². The van der Waals surface area contributed by atoms with Crippen LogP contribution in [0.5, 0.6) is 5.75 Å². The van der Waals surface area contributed by atoms with Gasteiger partial charge in [0.15, 0.2) is 12.5 Å². The van der Waals surface area contributed by atoms with Crippen LogP contribution in [0.1, 0.15) is 44.7 Å². The molecule has 160 valence electrons. The van der Waals surface area contributed by atoms with Gasteiger partial charge in [-0.05, 0) is 24.1 Å². The number of carbonyl (C=O) groups is 1. The molecule has 0 saturated carbocycles. The summed E-state index contributed by atoms with van der Waals surface area (Å²) in [5.41, 5.74) is 1.48. The second kappa shape index (κ2) is 13.3. The molecular formula is C23H33O5P. The molecule has 2 aromatic rings. The third-order valence-electron chi connectivity index (χ3n) is 3.87. The van der Waals surface area contributed by atoms with Crippen molar-refractivity contribution < 1.29 is 23.9 Å². The van der Waals surface area contributed by atoms with Crippen LogP contribution in [-0.4, -0.2) is 30.9 Å². The number of rotatable bonds is 10. The third kappa shape index (κ3) is 9.40. The van der Waals surface area contributed by atoms with Gasteiger partial charge in [-0.1, -0.05) is 76.2 Å². The van der Waals surface area contributed by atoms with Crippen molar-refractivity contribution in [3.63, 3.8) is 0 Å². The van der Waals surface area contributed by atoms with E-state index in [9.17, 15) is 9.90 Å². The number of hydrogen-bond donors (Lipinski definition) is 1. The van der Waals surface area contributed by atoms with Gasteiger partial charge >= 0.3 is 5.97 Å². The normalized spacial score (nSPS) is 12.2. The van der Waals surface area contributed by atoms with E-state index in [-0.39, 0.29) is 27.4 Å². The van der Waals surface area contributed by atoms with Crippen molar-refractivity contribution in [2.45, 2.75) is 40.5 Å². The predicted octanol–water partition coefficient (Wildman–Crippen LogP) is 5.27. The van der Waals surface area contributed by atoms with Crippen LogP contribution >= 0.6 is 8.81 Å². The Kier molecular flexibility index (Phi) is 11.5. The summed E-state index contributed by atoms with van der Waals surface area (Å²) in [6.07, 6.45) is 0. The van der Waals surface area contributed by atoms with Crippen LogP contribution in [0.2, 0.25) is 0 Å². The first-order valence-corrected chi connectivity index (χ1v) is 10.8. The Labute approximate surface area is 176 Å². The zero-order valence-corrected chi connectivity index (χ0v) is 19.0. The quantitative estimate of drug-likeness (QED) is 0.419. The van der Waals surface area contributed by atoms with Crippen molar-refractivity contribution in [1.82, 2.24) is 0 Å². The third-order valence-corrected chi connectivity index (χ3v) is 4.85. The Morgan fingerprint density at radius 1 is 1.07 bits per heavy atom. The lowest BCUT2D eigenvalue weighted by molar-refractivity contribution is -0.148. The number of esters is 1. The maximum Gasteiger partial charge on any atom is 0.345 e. The van der Waals surface area contributed by atoms with Gasteiger partial charge in [-0.15, -0.1) is 0 Å². The molecule has 0 aliphatic carbocycles. The molecule has 0 fully saturated rings. The van der Waals surface area contributed by atoms with Crippen LogP contribution in [0.25, 0.3) is 0 Å². The fourth-order valence-corrected chi connectivity index (χ4v) is 3.30. The maximum atomic E-state index is 12.3. The number of carbonyl (C=O) groups excluding carboxylic acids is 1. The number of aryl methyl sites for hydroxylation is 1. The highest BCUT2D eigenvalue weighted by Gasteiger charge is 2.21. The molecule has 2 unspecified atom stereocenters. The summed E-state index contributed by atoms with van der Waals surface area (Å²) in [6.45, 7) is 9.99. The zero-order chi connectivity index (χ0) is 21.7. The first-order chi connectivity index (χ1) is 13.9. The minimum atomic E-state index is -0.506. The fourth-order valence-electron chi connectivity index (χ4n) is 2.17. The van der Waals surface area contributed by atoms with Gasteiger partial charge in [-0.2, -0.15) is 0 Å². The molecule has 0 saturated heterocycles. The lowest BCUT2D eigenvalue weighted by atomic mass is 9.97. The predicted molar refractivity (Wildman–Crippen MR) is 118 cm³/mol. The summed E-state index contributed by atoms with van der Waals surface area (Å²) < 4.78 is 16.9. The van der Waals surface area contributed by atoms with Crippen LogP contribution in [0.4, 0.5) is 0 Å². The lowest BCUT2D eigenvalue weighted by Gasteiger charge is -2.24. The molecule has 0 aliphatic rings. The van der Waals surface area contributed by atoms with Crippen molar-refractivity contribution in [3.8, 4) is 5.75 Å². The highest BCUT2D eigenvalue weighted by molar-refractivity contribution is 7.32. The van der Waals surface area contributed by atoms with Crippen molar-refractivity contribution in [1.29, 1.82) is 0 Å². The number of hydrogen-bond acceptors (Lipinski definition) is 5. The Morgan fingerprint density at radius 2 is 1.69 bits per heavy atom. The molecule has 0 heterocycles. The molecule has 2 rings (SSSR count). The first-order valence-electron chi connectivity index (χ1n) is 9.82. The second-order valence-corrected chi connectivity index (χ2v) is 8.11. The average Bonchev–Trinajstić information content (AvgIpc) is 2.74. The Hall–Kier alpha value is -1.94. The molecule has 29 heavy (non-hydrogen) atoms. The van der Waals surface area contributed by atoms with Crippen molar-refractivity contribution >= 4 is 14.8 Å². The summed E-state index contributed by atoms with van der Waals surface area (Å²) >= 11 is 0. The molecule has 0 radical (unpaired) electrons. The molecule has 1 N–H and O–H groups in total. The molecular weight excluding hydrogens is 387 g/mol. The fraction of sp³-hybridized carbons (Fsp3) is 0.435. The molecule has 0 spiro atoms. The van der Waals surface area contributed by atoms with Crippen LogP contribution < -0.4 is 4.74 Å². The standard InChI is InChI=1S/C21H27O5P.C2H6/c1-16-9-7-8-12-18(16)24-13-19(23)26-20(17-10-5-4-6-11-17)27-25-15-21(2,3)14-22;1-2/h4-12,20,22,27H,13-15H2,1-3H3;1-2H3. The van der Waals surface area contributed by atoms with Gasteiger partial charge in [-0.3, -0.25) is 0 Å². The Bertz CT molecular complexity index is 718. The summed E-state index contributed by atoms with van der Waals surface area (Å²) in [5, 5.41) is 9.34. The number of benzene rings is 2. The highest BCUT2D eigenvalue weighted by atomic mass is 31.1. The minimum Gasteiger partial charge on any atom is -0.482 e. The van der Waals surface area contributed by atoms with Crippen molar-refractivity contribution in [3.05, 3.63) is 65.7 Å². The number of para-hydroxylation sites is 1. The second-order valence-electron chi connectivity index (χ2n) is 7.06. The molecule has 6 heteroatoms. The van der Waals surface area contributed by atoms with Gasteiger partial charge in [0, 0.05) is 5.41 Å². The van der Waals surface area contributed by atoms with Gasteiger partial charge in [0.25, 0.3) is 0 Å². The number of aliphatic hydroxyl groups excluding tert-OH is 1. The minimum absolute atomic E-state index is 0.0253. The maximum absolute atomic E-state index is 12.3. The van der Waals surface area contributed by atoms with Crippen LogP contribution in [0.15, 0.2) is 54.6 Å². The Morgan fingerprint density at radius 3 is 2.31 bits per heavy atom. The molecule has 5 nitrogen and oxygen atoms in total. The van der Waals surface area contributed by atoms with E-state index in [1.165, 1.54) is 0 Å². The van der Waals surface area contributed by atoms with E-state index in [0.717, 1.165) is 11.1 Å². The monoisotopic (exact) mass is 420 g/mol. The molecule has 0 aliphatic heterocycles. The van der Waals surface area contributed by atoms with Gasteiger partial charge in [0.05, 0.1) is 22.0 Å². The van der Waals surface area contributed by atoms with Crippen molar-refractivity contribution in [2.24, 2.45) is 5.41 Å². The smallest absolute Gasteiger partial charge is 0.345 e. The highest BCUT2D eigenvalue weighted by Crippen LogP contribution is 2.38. The SMILES string of the molecule is CC.Cc1ccccc1OCC(=O)OC(POCC(C)(C)CO)c1ccccc1. The topological polar surface area (TPSA) is 65.0 Å². The van der Waals surface area contributed by atoms with Gasteiger partial charge < -0.3 is 19.1 Å². The Balaban J connectivity index is 0.00000204. The van der Waals surface area contributed by atoms with Gasteiger partial charge in [0.1, 0.15) is 5.75 Å². The first kappa shape index (κ1) is 25.1.